The number of rotatable bonds is 2. The highest BCUT2D eigenvalue weighted by atomic mass is 79.9. The zero-order valence-corrected chi connectivity index (χ0v) is 16.6. The molecule has 1 aromatic carbocycles. The second-order valence-corrected chi connectivity index (χ2v) is 8.79. The first-order valence-electron chi connectivity index (χ1n) is 10.1. The summed E-state index contributed by atoms with van der Waals surface area (Å²) in [6.45, 7) is 2.41. The summed E-state index contributed by atoms with van der Waals surface area (Å²) in [7, 11) is 1.78. The topological polar surface area (TPSA) is 56.8 Å². The summed E-state index contributed by atoms with van der Waals surface area (Å²) in [6.07, 6.45) is 3.63. The van der Waals surface area contributed by atoms with Crippen molar-refractivity contribution in [2.45, 2.75) is 51.2 Å². The van der Waals surface area contributed by atoms with Gasteiger partial charge >= 0.3 is 0 Å². The number of nitrogens with zero attached hydrogens (tertiary/aromatic N) is 1. The summed E-state index contributed by atoms with van der Waals surface area (Å²) in [5.41, 5.74) is 6.50. The number of hydrogen-bond donors (Lipinski definition) is 1. The van der Waals surface area contributed by atoms with Gasteiger partial charge in [0.25, 0.3) is 6.02 Å². The predicted molar refractivity (Wildman–Crippen MR) is 103 cm³/mol. The van der Waals surface area contributed by atoms with Crippen LogP contribution in [0.5, 0.6) is 0 Å². The highest BCUT2D eigenvalue weighted by molar-refractivity contribution is 9.10. The molecule has 1 aliphatic heterocycles. The van der Waals surface area contributed by atoms with Gasteiger partial charge in [0, 0.05) is 17.0 Å². The number of nitrogens with two attached hydrogens (primary N) is 1. The monoisotopic (exact) mass is 408 g/mol. The lowest BCUT2D eigenvalue weighted by molar-refractivity contribution is -0.0842. The van der Waals surface area contributed by atoms with Gasteiger partial charge in [-0.1, -0.05) is 42.3 Å². The second kappa shape index (κ2) is 5.98. The zero-order chi connectivity index (χ0) is 19.6. The van der Waals surface area contributed by atoms with Crippen molar-refractivity contribution in [2.75, 3.05) is 13.7 Å². The zero-order valence-electron chi connectivity index (χ0n) is 17.0. The molecule has 1 saturated carbocycles. The fraction of sp³-hybridized carbons (Fsp3) is 0.650. The van der Waals surface area contributed by atoms with Gasteiger partial charge in [0.1, 0.15) is 12.1 Å². The molecule has 3 aliphatic rings. The Labute approximate surface area is 161 Å². The van der Waals surface area contributed by atoms with Crippen molar-refractivity contribution >= 4 is 22.0 Å². The molecule has 0 unspecified atom stereocenters. The number of methoxy groups -OCH3 is 1. The smallest absolute Gasteiger partial charge is 0.283 e. The molecule has 25 heavy (non-hydrogen) atoms. The van der Waals surface area contributed by atoms with E-state index in [2.05, 4.69) is 35.8 Å². The first-order chi connectivity index (χ1) is 12.7. The van der Waals surface area contributed by atoms with Gasteiger partial charge in [0.15, 0.2) is 0 Å². The Kier molecular flexibility index (Phi) is 3.60. The number of halogens is 1. The highest BCUT2D eigenvalue weighted by Crippen LogP contribution is 2.63. The van der Waals surface area contributed by atoms with Gasteiger partial charge in [0.05, 0.1) is 8.85 Å². The highest BCUT2D eigenvalue weighted by Gasteiger charge is 2.63. The molecule has 0 aromatic heterocycles. The van der Waals surface area contributed by atoms with Crippen LogP contribution in [-0.2, 0) is 21.4 Å². The molecule has 1 fully saturated rings. The van der Waals surface area contributed by atoms with Crippen LogP contribution in [-0.4, -0.2) is 25.8 Å². The lowest BCUT2D eigenvalue weighted by Gasteiger charge is -2.51. The number of aliphatic imine (C=N–C) groups is 1. The predicted octanol–water partition coefficient (Wildman–Crippen LogP) is 4.00. The number of ether oxygens (including phenoxy) is 2. The maximum absolute atomic E-state index is 8.81. The van der Waals surface area contributed by atoms with E-state index < -0.39 is 12.1 Å². The molecule has 1 heterocycles. The summed E-state index contributed by atoms with van der Waals surface area (Å²) < 4.78 is 29.9. The van der Waals surface area contributed by atoms with Crippen molar-refractivity contribution in [3.8, 4) is 0 Å². The number of amidine groups is 1. The largest absolute Gasteiger partial charge is 0.462 e. The molecule has 2 spiro atoms. The summed E-state index contributed by atoms with van der Waals surface area (Å²) in [5, 5.41) is 0. The lowest BCUT2D eigenvalue weighted by atomic mass is 9.56. The molecule has 136 valence electrons. The lowest BCUT2D eigenvalue weighted by Crippen LogP contribution is -2.52. The van der Waals surface area contributed by atoms with Crippen LogP contribution in [0.2, 0.25) is 0 Å². The van der Waals surface area contributed by atoms with Crippen LogP contribution in [0.3, 0.4) is 0 Å². The average molecular weight is 409 g/mol. The van der Waals surface area contributed by atoms with E-state index in [1.54, 1.807) is 7.11 Å². The van der Waals surface area contributed by atoms with Gasteiger partial charge < -0.3 is 15.2 Å². The molecule has 2 aliphatic carbocycles. The molecule has 0 radical (unpaired) electrons. The molecule has 0 amide bonds. The summed E-state index contributed by atoms with van der Waals surface area (Å²) >= 11 is 3.56. The van der Waals surface area contributed by atoms with Gasteiger partial charge in [-0.3, -0.25) is 0 Å². The van der Waals surface area contributed by atoms with E-state index in [1.165, 1.54) is 0 Å². The van der Waals surface area contributed by atoms with Crippen molar-refractivity contribution in [3.63, 3.8) is 0 Å². The van der Waals surface area contributed by atoms with E-state index in [0.29, 0.717) is 11.8 Å². The van der Waals surface area contributed by atoms with Crippen molar-refractivity contribution in [3.05, 3.63) is 33.8 Å². The molecule has 4 nitrogen and oxygen atoms in total. The standard InChI is InChI=1S/C20H27BrN2O2/c1-4-13-9-19(8-12(2)17(13)24-3)10-14-5-6-15(21)7-16(14)20(19)11-25-18(22)23-20/h5-7,12-13,17H,4,8-11H2,1-3H3,(H2,22,23)/t12-,13+,17+,19+,20+/m1/s1/i11D2. The number of fused-ring (bicyclic) bond motifs is 3. The van der Waals surface area contributed by atoms with Crippen molar-refractivity contribution in [1.82, 2.24) is 0 Å². The maximum atomic E-state index is 8.81. The van der Waals surface area contributed by atoms with E-state index >= 15 is 0 Å². The van der Waals surface area contributed by atoms with Crippen LogP contribution < -0.4 is 5.73 Å². The maximum Gasteiger partial charge on any atom is 0.283 e. The summed E-state index contributed by atoms with van der Waals surface area (Å²) in [4.78, 5) is 4.72. The molecular formula is C20H27BrN2O2. The minimum atomic E-state index is -1.99. The third-order valence-electron chi connectivity index (χ3n) is 6.53. The van der Waals surface area contributed by atoms with Gasteiger partial charge in [-0.05, 0) is 54.4 Å². The average Bonchev–Trinajstić information content (AvgIpc) is 2.99. The Morgan fingerprint density at radius 2 is 2.28 bits per heavy atom. The molecule has 5 heteroatoms. The minimum Gasteiger partial charge on any atom is -0.462 e. The fourth-order valence-electron chi connectivity index (χ4n) is 5.64. The summed E-state index contributed by atoms with van der Waals surface area (Å²) in [5.74, 6) is 0.650. The Morgan fingerprint density at radius 3 is 2.92 bits per heavy atom. The van der Waals surface area contributed by atoms with Gasteiger partial charge in [-0.15, -0.1) is 0 Å². The molecule has 2 N–H and O–H groups in total. The minimum absolute atomic E-state index is 0.0539. The van der Waals surface area contributed by atoms with Crippen LogP contribution in [0.15, 0.2) is 27.7 Å². The van der Waals surface area contributed by atoms with Crippen molar-refractivity contribution in [2.24, 2.45) is 28.0 Å². The van der Waals surface area contributed by atoms with Crippen molar-refractivity contribution < 1.29 is 12.2 Å². The Hall–Kier alpha value is -1.07. The van der Waals surface area contributed by atoms with Crippen LogP contribution >= 0.6 is 15.9 Å². The molecule has 0 saturated heterocycles. The van der Waals surface area contributed by atoms with E-state index in [1.807, 2.05) is 12.1 Å². The second-order valence-electron chi connectivity index (χ2n) is 7.88. The van der Waals surface area contributed by atoms with E-state index in [0.717, 1.165) is 41.3 Å². The Morgan fingerprint density at radius 1 is 1.48 bits per heavy atom. The Balaban J connectivity index is 1.94. The quantitative estimate of drug-likeness (QED) is 0.803. The first-order valence-corrected chi connectivity index (χ1v) is 9.85. The first kappa shape index (κ1) is 15.0. The van der Waals surface area contributed by atoms with Crippen LogP contribution in [0.1, 0.15) is 47.0 Å². The molecule has 4 rings (SSSR count). The summed E-state index contributed by atoms with van der Waals surface area (Å²) in [6, 6.07) is 6.05. The molecule has 0 bridgehead atoms. The molecular weight excluding hydrogens is 380 g/mol. The van der Waals surface area contributed by atoms with E-state index in [-0.39, 0.29) is 17.5 Å². The van der Waals surface area contributed by atoms with Gasteiger partial charge in [-0.25, -0.2) is 4.99 Å². The Bertz CT molecular complexity index is 802. The van der Waals surface area contributed by atoms with Crippen LogP contribution in [0.4, 0.5) is 0 Å². The fourth-order valence-corrected chi connectivity index (χ4v) is 6.00. The van der Waals surface area contributed by atoms with E-state index in [4.69, 9.17) is 22.9 Å². The van der Waals surface area contributed by atoms with E-state index in [9.17, 15) is 0 Å². The van der Waals surface area contributed by atoms with Gasteiger partial charge in [-0.2, -0.15) is 0 Å². The number of hydrogen-bond acceptors (Lipinski definition) is 4. The van der Waals surface area contributed by atoms with Crippen LogP contribution in [0, 0.1) is 17.3 Å². The SMILES string of the molecule is [2H]C1([2H])OC(N)=N[C@]12c1cc(Br)ccc1C[C@]21C[C@H](CC)[C@@H](OC)[C@H](C)C1. The van der Waals surface area contributed by atoms with Crippen LogP contribution in [0.25, 0.3) is 0 Å². The van der Waals surface area contributed by atoms with Crippen molar-refractivity contribution in [1.29, 1.82) is 0 Å². The third-order valence-corrected chi connectivity index (χ3v) is 7.02. The normalized spacial score (nSPS) is 42.7. The molecule has 5 atom stereocenters. The third kappa shape index (κ3) is 2.38. The number of benzene rings is 1. The molecule has 1 aromatic rings. The van der Waals surface area contributed by atoms with Gasteiger partial charge in [0.2, 0.25) is 0 Å².